The molecule has 1 aromatic rings. The third kappa shape index (κ3) is 4.85. The Labute approximate surface area is 160 Å². The van der Waals surface area contributed by atoms with Crippen LogP contribution in [0, 0.1) is 0 Å². The number of nitrogens with zero attached hydrogens (tertiary/aromatic N) is 3. The van der Waals surface area contributed by atoms with E-state index in [1.807, 2.05) is 4.90 Å². The highest BCUT2D eigenvalue weighted by Gasteiger charge is 2.27. The van der Waals surface area contributed by atoms with Crippen molar-refractivity contribution in [1.82, 2.24) is 14.1 Å². The number of rotatable bonds is 6. The maximum absolute atomic E-state index is 12.7. The number of carbonyl (C=O) groups excluding carboxylic acids is 1. The highest BCUT2D eigenvalue weighted by molar-refractivity contribution is 7.89. The molecule has 27 heavy (non-hydrogen) atoms. The van der Waals surface area contributed by atoms with E-state index in [0.29, 0.717) is 51.6 Å². The number of amides is 1. The summed E-state index contributed by atoms with van der Waals surface area (Å²) in [5.41, 5.74) is 0.515. The average molecular weight is 397 g/mol. The molecule has 0 bridgehead atoms. The molecular weight excluding hydrogens is 370 g/mol. The fourth-order valence-electron chi connectivity index (χ4n) is 3.28. The van der Waals surface area contributed by atoms with Gasteiger partial charge >= 0.3 is 0 Å². The average Bonchev–Trinajstić information content (AvgIpc) is 2.73. The van der Waals surface area contributed by atoms with Crippen molar-refractivity contribution in [2.45, 2.75) is 4.90 Å². The van der Waals surface area contributed by atoms with Crippen LogP contribution >= 0.6 is 0 Å². The minimum atomic E-state index is -3.54. The van der Waals surface area contributed by atoms with E-state index in [1.165, 1.54) is 16.4 Å². The van der Waals surface area contributed by atoms with Gasteiger partial charge < -0.3 is 14.4 Å². The molecule has 2 aliphatic rings. The zero-order valence-electron chi connectivity index (χ0n) is 15.7. The van der Waals surface area contributed by atoms with Gasteiger partial charge in [-0.1, -0.05) is 0 Å². The smallest absolute Gasteiger partial charge is 0.253 e. The largest absolute Gasteiger partial charge is 0.383 e. The van der Waals surface area contributed by atoms with Crippen LogP contribution in [0.2, 0.25) is 0 Å². The molecule has 9 heteroatoms. The first-order valence-electron chi connectivity index (χ1n) is 9.21. The van der Waals surface area contributed by atoms with Gasteiger partial charge in [-0.25, -0.2) is 8.42 Å². The number of morpholine rings is 1. The molecule has 2 heterocycles. The predicted molar refractivity (Wildman–Crippen MR) is 100 cm³/mol. The van der Waals surface area contributed by atoms with Crippen molar-refractivity contribution < 1.29 is 22.7 Å². The highest BCUT2D eigenvalue weighted by Crippen LogP contribution is 2.18. The molecule has 0 N–H and O–H groups in total. The van der Waals surface area contributed by atoms with E-state index >= 15 is 0 Å². The lowest BCUT2D eigenvalue weighted by Gasteiger charge is -2.34. The molecule has 0 spiro atoms. The second-order valence-corrected chi connectivity index (χ2v) is 8.61. The molecular formula is C18H27N3O5S. The van der Waals surface area contributed by atoms with Gasteiger partial charge in [0, 0.05) is 58.5 Å². The van der Waals surface area contributed by atoms with Gasteiger partial charge in [0.2, 0.25) is 10.0 Å². The minimum Gasteiger partial charge on any atom is -0.383 e. The van der Waals surface area contributed by atoms with Gasteiger partial charge in [-0.2, -0.15) is 4.31 Å². The Morgan fingerprint density at radius 1 is 1.04 bits per heavy atom. The number of ether oxygens (including phenoxy) is 2. The lowest BCUT2D eigenvalue weighted by atomic mass is 10.2. The van der Waals surface area contributed by atoms with Crippen LogP contribution in [0.5, 0.6) is 0 Å². The minimum absolute atomic E-state index is 0.0586. The Hall–Kier alpha value is -1.52. The summed E-state index contributed by atoms with van der Waals surface area (Å²) in [6.07, 6.45) is 0. The zero-order chi connectivity index (χ0) is 19.3. The van der Waals surface area contributed by atoms with Crippen LogP contribution in [-0.2, 0) is 19.5 Å². The van der Waals surface area contributed by atoms with Crippen LogP contribution in [0.25, 0.3) is 0 Å². The van der Waals surface area contributed by atoms with Gasteiger partial charge in [-0.15, -0.1) is 0 Å². The summed E-state index contributed by atoms with van der Waals surface area (Å²) >= 11 is 0. The molecule has 8 nitrogen and oxygen atoms in total. The Morgan fingerprint density at radius 3 is 2.26 bits per heavy atom. The van der Waals surface area contributed by atoms with Crippen LogP contribution < -0.4 is 0 Å². The van der Waals surface area contributed by atoms with Gasteiger partial charge in [-0.05, 0) is 24.3 Å². The van der Waals surface area contributed by atoms with E-state index in [9.17, 15) is 13.2 Å². The van der Waals surface area contributed by atoms with Crippen molar-refractivity contribution in [2.75, 3.05) is 72.7 Å². The molecule has 150 valence electrons. The van der Waals surface area contributed by atoms with Gasteiger partial charge in [0.05, 0.1) is 24.7 Å². The van der Waals surface area contributed by atoms with Crippen molar-refractivity contribution in [3.05, 3.63) is 29.8 Å². The number of piperazine rings is 1. The van der Waals surface area contributed by atoms with Gasteiger partial charge in [0.25, 0.3) is 5.91 Å². The van der Waals surface area contributed by atoms with Crippen molar-refractivity contribution in [2.24, 2.45) is 0 Å². The van der Waals surface area contributed by atoms with Crippen molar-refractivity contribution in [3.8, 4) is 0 Å². The normalized spacial score (nSPS) is 20.0. The van der Waals surface area contributed by atoms with E-state index in [0.717, 1.165) is 19.6 Å². The van der Waals surface area contributed by atoms with E-state index in [1.54, 1.807) is 19.2 Å². The third-order valence-electron chi connectivity index (χ3n) is 4.98. The van der Waals surface area contributed by atoms with E-state index < -0.39 is 10.0 Å². The zero-order valence-corrected chi connectivity index (χ0v) is 16.5. The lowest BCUT2D eigenvalue weighted by Crippen LogP contribution is -2.49. The number of hydrogen-bond donors (Lipinski definition) is 0. The monoisotopic (exact) mass is 397 g/mol. The number of sulfonamides is 1. The van der Waals surface area contributed by atoms with E-state index in [4.69, 9.17) is 9.47 Å². The van der Waals surface area contributed by atoms with Crippen molar-refractivity contribution in [1.29, 1.82) is 0 Å². The summed E-state index contributed by atoms with van der Waals surface area (Å²) < 4.78 is 37.0. The van der Waals surface area contributed by atoms with Crippen LogP contribution in [0.1, 0.15) is 10.4 Å². The number of carbonyl (C=O) groups is 1. The van der Waals surface area contributed by atoms with Crippen LogP contribution in [0.4, 0.5) is 0 Å². The first-order valence-corrected chi connectivity index (χ1v) is 10.6. The first-order chi connectivity index (χ1) is 13.0. The van der Waals surface area contributed by atoms with Crippen molar-refractivity contribution >= 4 is 15.9 Å². The molecule has 2 aliphatic heterocycles. The molecule has 0 saturated carbocycles. The standard InChI is InChI=1S/C18H27N3O5S/c1-25-13-10-19-6-8-20(9-7-19)18(22)16-2-4-17(5-3-16)27(23,24)21-11-14-26-15-12-21/h2-5H,6-15H2,1H3. The van der Waals surface area contributed by atoms with E-state index in [2.05, 4.69) is 4.90 Å². The molecule has 0 aromatic heterocycles. The first kappa shape index (κ1) is 20.2. The Balaban J connectivity index is 1.61. The SMILES string of the molecule is COCCN1CCN(C(=O)c2ccc(S(=O)(=O)N3CCOCC3)cc2)CC1. The number of benzene rings is 1. The summed E-state index contributed by atoms with van der Waals surface area (Å²) in [5, 5.41) is 0. The second-order valence-electron chi connectivity index (χ2n) is 6.67. The quantitative estimate of drug-likeness (QED) is 0.678. The topological polar surface area (TPSA) is 79.4 Å². The summed E-state index contributed by atoms with van der Waals surface area (Å²) in [5.74, 6) is -0.0586. The van der Waals surface area contributed by atoms with Gasteiger partial charge in [0.15, 0.2) is 0 Å². The maximum Gasteiger partial charge on any atom is 0.253 e. The second kappa shape index (κ2) is 9.11. The summed E-state index contributed by atoms with van der Waals surface area (Å²) in [7, 11) is -1.85. The van der Waals surface area contributed by atoms with Crippen LogP contribution in [0.3, 0.4) is 0 Å². The predicted octanol–water partition coefficient (Wildman–Crippen LogP) is 0.112. The summed E-state index contributed by atoms with van der Waals surface area (Å²) in [6.45, 7) is 6.05. The molecule has 0 radical (unpaired) electrons. The molecule has 0 unspecified atom stereocenters. The van der Waals surface area contributed by atoms with Gasteiger partial charge in [-0.3, -0.25) is 9.69 Å². The fraction of sp³-hybridized carbons (Fsp3) is 0.611. The van der Waals surface area contributed by atoms with Crippen molar-refractivity contribution in [3.63, 3.8) is 0 Å². The molecule has 0 aliphatic carbocycles. The highest BCUT2D eigenvalue weighted by atomic mass is 32.2. The Bertz CT molecular complexity index is 724. The van der Waals surface area contributed by atoms with Crippen LogP contribution in [0.15, 0.2) is 29.2 Å². The maximum atomic E-state index is 12.7. The summed E-state index contributed by atoms with van der Waals surface area (Å²) in [6, 6.07) is 6.25. The molecule has 2 saturated heterocycles. The lowest BCUT2D eigenvalue weighted by molar-refractivity contribution is 0.0594. The Morgan fingerprint density at radius 2 is 1.67 bits per heavy atom. The fourth-order valence-corrected chi connectivity index (χ4v) is 4.69. The molecule has 2 fully saturated rings. The molecule has 0 atom stereocenters. The van der Waals surface area contributed by atoms with Gasteiger partial charge in [0.1, 0.15) is 0 Å². The Kier molecular flexibility index (Phi) is 6.83. The molecule has 1 aromatic carbocycles. The summed E-state index contributed by atoms with van der Waals surface area (Å²) in [4.78, 5) is 17.0. The van der Waals surface area contributed by atoms with Crippen LogP contribution in [-0.4, -0.2) is 101 Å². The number of methoxy groups -OCH3 is 1. The third-order valence-corrected chi connectivity index (χ3v) is 6.89. The molecule has 1 amide bonds. The van der Waals surface area contributed by atoms with E-state index in [-0.39, 0.29) is 10.8 Å². The number of hydrogen-bond acceptors (Lipinski definition) is 6. The molecule has 3 rings (SSSR count).